The van der Waals surface area contributed by atoms with Gasteiger partial charge in [-0.1, -0.05) is 54.4 Å². The van der Waals surface area contributed by atoms with Crippen LogP contribution in [0, 0.1) is 10.8 Å². The van der Waals surface area contributed by atoms with Gasteiger partial charge in [-0.05, 0) is 62.2 Å². The number of nitrogens with zero attached hydrogens (tertiary/aromatic N) is 2. The highest BCUT2D eigenvalue weighted by atomic mass is 16.5. The molecule has 2 atom stereocenters. The molecule has 29 heavy (non-hydrogen) atoms. The van der Waals surface area contributed by atoms with Crippen molar-refractivity contribution in [1.29, 1.82) is 0 Å². The zero-order valence-corrected chi connectivity index (χ0v) is 19.6. The van der Waals surface area contributed by atoms with Crippen molar-refractivity contribution in [3.63, 3.8) is 0 Å². The maximum atomic E-state index is 6.68. The Hall–Kier alpha value is -1.06. The van der Waals surface area contributed by atoms with E-state index in [9.17, 15) is 0 Å². The van der Waals surface area contributed by atoms with Gasteiger partial charge in [-0.25, -0.2) is 9.98 Å². The molecule has 4 nitrogen and oxygen atoms in total. The SMILES string of the molecule is CC(C)(C)[C@H]1N=C(CC2=N[C@H](C(C)(C)C)C3(CCCCC3)O2)OC12CCCCC2. The number of rotatable bonds is 2. The molecule has 0 aromatic rings. The van der Waals surface area contributed by atoms with Crippen molar-refractivity contribution in [3.8, 4) is 0 Å². The molecule has 4 rings (SSSR count). The topological polar surface area (TPSA) is 43.2 Å². The summed E-state index contributed by atoms with van der Waals surface area (Å²) in [6, 6.07) is 0.462. The first-order valence-corrected chi connectivity index (χ1v) is 12.1. The molecule has 0 N–H and O–H groups in total. The van der Waals surface area contributed by atoms with Crippen LogP contribution in [0.2, 0.25) is 0 Å². The minimum absolute atomic E-state index is 0.100. The first-order chi connectivity index (χ1) is 13.5. The van der Waals surface area contributed by atoms with Crippen molar-refractivity contribution < 1.29 is 9.47 Å². The Labute approximate surface area is 177 Å². The lowest BCUT2D eigenvalue weighted by Crippen LogP contribution is -2.48. The molecule has 0 radical (unpaired) electrons. The molecule has 2 fully saturated rings. The Kier molecular flexibility index (Phi) is 5.31. The second kappa shape index (κ2) is 7.27. The predicted molar refractivity (Wildman–Crippen MR) is 120 cm³/mol. The van der Waals surface area contributed by atoms with Gasteiger partial charge in [0.2, 0.25) is 0 Å². The van der Waals surface area contributed by atoms with Gasteiger partial charge in [-0.3, -0.25) is 0 Å². The van der Waals surface area contributed by atoms with E-state index in [4.69, 9.17) is 19.5 Å². The Balaban J connectivity index is 1.55. The molecular formula is C25H42N2O2. The van der Waals surface area contributed by atoms with E-state index in [1.54, 1.807) is 0 Å². The second-order valence-electron chi connectivity index (χ2n) is 12.2. The van der Waals surface area contributed by atoms with Gasteiger partial charge in [0.25, 0.3) is 0 Å². The second-order valence-corrected chi connectivity index (χ2v) is 12.2. The number of hydrogen-bond acceptors (Lipinski definition) is 4. The first-order valence-electron chi connectivity index (χ1n) is 12.1. The van der Waals surface area contributed by atoms with Gasteiger partial charge < -0.3 is 9.47 Å². The molecule has 4 heteroatoms. The van der Waals surface area contributed by atoms with E-state index in [0.29, 0.717) is 6.42 Å². The average molecular weight is 403 g/mol. The monoisotopic (exact) mass is 402 g/mol. The summed E-state index contributed by atoms with van der Waals surface area (Å²) >= 11 is 0. The summed E-state index contributed by atoms with van der Waals surface area (Å²) in [5.41, 5.74) is 0.0137. The van der Waals surface area contributed by atoms with Gasteiger partial charge in [-0.2, -0.15) is 0 Å². The minimum atomic E-state index is -0.100. The van der Waals surface area contributed by atoms with Gasteiger partial charge in [0.05, 0.1) is 18.5 Å². The molecular weight excluding hydrogens is 360 g/mol. The normalized spacial score (nSPS) is 31.4. The van der Waals surface area contributed by atoms with Crippen LogP contribution in [0.25, 0.3) is 0 Å². The molecule has 2 aliphatic carbocycles. The van der Waals surface area contributed by atoms with E-state index in [1.807, 2.05) is 0 Å². The maximum Gasteiger partial charge on any atom is 0.193 e. The largest absolute Gasteiger partial charge is 0.472 e. The van der Waals surface area contributed by atoms with Gasteiger partial charge in [-0.15, -0.1) is 0 Å². The van der Waals surface area contributed by atoms with Crippen LogP contribution in [-0.4, -0.2) is 35.1 Å². The number of hydrogen-bond donors (Lipinski definition) is 0. The number of ether oxygens (including phenoxy) is 2. The molecule has 0 bridgehead atoms. The Morgan fingerprint density at radius 1 is 0.655 bits per heavy atom. The molecule has 164 valence electrons. The highest BCUT2D eigenvalue weighted by Gasteiger charge is 2.54. The van der Waals surface area contributed by atoms with Crippen LogP contribution in [0.15, 0.2) is 9.98 Å². The van der Waals surface area contributed by atoms with E-state index in [-0.39, 0.29) is 34.1 Å². The fourth-order valence-corrected chi connectivity index (χ4v) is 6.47. The van der Waals surface area contributed by atoms with Crippen LogP contribution in [0.3, 0.4) is 0 Å². The lowest BCUT2D eigenvalue weighted by Gasteiger charge is -2.42. The summed E-state index contributed by atoms with van der Waals surface area (Å²) < 4.78 is 13.4. The van der Waals surface area contributed by atoms with Gasteiger partial charge in [0.1, 0.15) is 11.2 Å². The van der Waals surface area contributed by atoms with Crippen LogP contribution in [0.1, 0.15) is 112 Å². The Morgan fingerprint density at radius 3 is 1.31 bits per heavy atom. The lowest BCUT2D eigenvalue weighted by atomic mass is 9.70. The van der Waals surface area contributed by atoms with Crippen molar-refractivity contribution in [2.24, 2.45) is 20.8 Å². The van der Waals surface area contributed by atoms with E-state index in [1.165, 1.54) is 38.5 Å². The van der Waals surface area contributed by atoms with Crippen LogP contribution in [-0.2, 0) is 9.47 Å². The van der Waals surface area contributed by atoms with Crippen LogP contribution >= 0.6 is 0 Å². The predicted octanol–water partition coefficient (Wildman–Crippen LogP) is 6.47. The summed E-state index contributed by atoms with van der Waals surface area (Å²) in [6.45, 7) is 13.8. The average Bonchev–Trinajstić information content (AvgIpc) is 3.15. The fourth-order valence-electron chi connectivity index (χ4n) is 6.47. The third-order valence-corrected chi connectivity index (χ3v) is 7.53. The summed E-state index contributed by atoms with van der Waals surface area (Å²) in [7, 11) is 0. The van der Waals surface area contributed by atoms with E-state index >= 15 is 0 Å². The smallest absolute Gasteiger partial charge is 0.193 e. The van der Waals surface area contributed by atoms with Gasteiger partial charge in [0.15, 0.2) is 11.8 Å². The first kappa shape index (κ1) is 21.2. The van der Waals surface area contributed by atoms with E-state index < -0.39 is 0 Å². The highest BCUT2D eigenvalue weighted by Crippen LogP contribution is 2.49. The molecule has 2 saturated carbocycles. The maximum absolute atomic E-state index is 6.68. The molecule has 0 saturated heterocycles. The molecule has 2 heterocycles. The van der Waals surface area contributed by atoms with Crippen molar-refractivity contribution in [1.82, 2.24) is 0 Å². The molecule has 0 unspecified atom stereocenters. The third-order valence-electron chi connectivity index (χ3n) is 7.53. The third kappa shape index (κ3) is 3.97. The van der Waals surface area contributed by atoms with Crippen molar-refractivity contribution >= 4 is 11.8 Å². The van der Waals surface area contributed by atoms with Crippen LogP contribution < -0.4 is 0 Å². The van der Waals surface area contributed by atoms with Crippen LogP contribution in [0.4, 0.5) is 0 Å². The minimum Gasteiger partial charge on any atom is -0.472 e. The summed E-state index contributed by atoms with van der Waals surface area (Å²) in [6.07, 6.45) is 12.8. The standard InChI is InChI=1S/C25H42N2O2/c1-22(2,3)20-24(13-9-7-10-14-24)28-18(26-20)17-19-27-21(23(4,5)6)25(29-19)15-11-8-12-16-25/h20-21H,7-17H2,1-6H3/t20-,21-/m1/s1. The zero-order chi connectivity index (χ0) is 20.9. The molecule has 2 aliphatic heterocycles. The van der Waals surface area contributed by atoms with Gasteiger partial charge in [0, 0.05) is 0 Å². The van der Waals surface area contributed by atoms with E-state index in [2.05, 4.69) is 41.5 Å². The molecule has 4 aliphatic rings. The van der Waals surface area contributed by atoms with Crippen molar-refractivity contribution in [2.75, 3.05) is 0 Å². The molecule has 0 amide bonds. The quantitative estimate of drug-likeness (QED) is 0.531. The summed E-state index contributed by atoms with van der Waals surface area (Å²) in [5, 5.41) is 0. The molecule has 2 spiro atoms. The lowest BCUT2D eigenvalue weighted by molar-refractivity contribution is -0.0168. The molecule has 0 aromatic heterocycles. The Morgan fingerprint density at radius 2 is 1.00 bits per heavy atom. The van der Waals surface area contributed by atoms with Crippen molar-refractivity contribution in [3.05, 3.63) is 0 Å². The summed E-state index contributed by atoms with van der Waals surface area (Å²) in [4.78, 5) is 10.3. The molecule has 0 aromatic carbocycles. The van der Waals surface area contributed by atoms with E-state index in [0.717, 1.165) is 37.5 Å². The highest BCUT2D eigenvalue weighted by molar-refractivity contribution is 5.99. The van der Waals surface area contributed by atoms with Crippen LogP contribution in [0.5, 0.6) is 0 Å². The number of aliphatic imine (C=N–C) groups is 2. The zero-order valence-electron chi connectivity index (χ0n) is 19.6. The summed E-state index contributed by atoms with van der Waals surface area (Å²) in [5.74, 6) is 1.73. The van der Waals surface area contributed by atoms with Gasteiger partial charge >= 0.3 is 0 Å². The Bertz CT molecular complexity index is 610. The van der Waals surface area contributed by atoms with Crippen molar-refractivity contribution in [2.45, 2.75) is 135 Å². The fraction of sp³-hybridized carbons (Fsp3) is 0.920.